The van der Waals surface area contributed by atoms with Gasteiger partial charge in [-0.15, -0.1) is 0 Å². The van der Waals surface area contributed by atoms with Gasteiger partial charge in [0.2, 0.25) is 0 Å². The molecule has 0 amide bonds. The molecule has 0 saturated heterocycles. The third kappa shape index (κ3) is 5.11. The van der Waals surface area contributed by atoms with Gasteiger partial charge in [-0.25, -0.2) is 0 Å². The number of para-hydroxylation sites is 2. The lowest BCUT2D eigenvalue weighted by molar-refractivity contribution is 0.674. The summed E-state index contributed by atoms with van der Waals surface area (Å²) in [5.74, 6) is 0. The molecule has 0 aliphatic heterocycles. The smallest absolute Gasteiger partial charge is 0.143 e. The first-order chi connectivity index (χ1) is 32.2. The molecule has 2 nitrogen and oxygen atoms in total. The highest BCUT2D eigenvalue weighted by Gasteiger charge is 2.51. The Morgan fingerprint density at radius 2 is 0.831 bits per heavy atom. The SMILES string of the molecule is c1cc(-c2ccc3ccccc3c2)cc(N(c2ccc3c(c2)C2(c4ccccc4-c4ccccc42)c2ccccc2-3)c2ccccc2-c2cccc3c2oc2c4ccccc4ccc32)c1. The highest BCUT2D eigenvalue weighted by Crippen LogP contribution is 2.63. The summed E-state index contributed by atoms with van der Waals surface area (Å²) in [7, 11) is 0. The fourth-order valence-corrected chi connectivity index (χ4v) is 11.5. The van der Waals surface area contributed by atoms with Crippen molar-refractivity contribution in [3.05, 3.63) is 259 Å². The van der Waals surface area contributed by atoms with Crippen molar-refractivity contribution in [1.82, 2.24) is 0 Å². The minimum Gasteiger partial charge on any atom is -0.455 e. The van der Waals surface area contributed by atoms with Crippen LogP contribution >= 0.6 is 0 Å². The van der Waals surface area contributed by atoms with Crippen molar-refractivity contribution in [3.63, 3.8) is 0 Å². The van der Waals surface area contributed by atoms with E-state index >= 15 is 0 Å². The molecule has 1 aromatic heterocycles. The minimum atomic E-state index is -0.476. The molecule has 12 aromatic rings. The van der Waals surface area contributed by atoms with E-state index in [0.29, 0.717) is 0 Å². The van der Waals surface area contributed by atoms with Crippen molar-refractivity contribution in [2.75, 3.05) is 4.90 Å². The molecule has 2 aliphatic rings. The van der Waals surface area contributed by atoms with Gasteiger partial charge >= 0.3 is 0 Å². The van der Waals surface area contributed by atoms with Gasteiger partial charge in [0.05, 0.1) is 11.1 Å². The molecule has 0 N–H and O–H groups in total. The quantitative estimate of drug-likeness (QED) is 0.172. The van der Waals surface area contributed by atoms with Crippen molar-refractivity contribution in [3.8, 4) is 44.5 Å². The van der Waals surface area contributed by atoms with E-state index in [4.69, 9.17) is 4.42 Å². The summed E-state index contributed by atoms with van der Waals surface area (Å²) in [6.07, 6.45) is 0. The zero-order valence-electron chi connectivity index (χ0n) is 35.4. The van der Waals surface area contributed by atoms with Crippen LogP contribution in [0.3, 0.4) is 0 Å². The van der Waals surface area contributed by atoms with Crippen molar-refractivity contribution in [1.29, 1.82) is 0 Å². The Morgan fingerprint density at radius 1 is 0.292 bits per heavy atom. The number of benzene rings is 11. The Labute approximate surface area is 376 Å². The number of hydrogen-bond acceptors (Lipinski definition) is 2. The van der Waals surface area contributed by atoms with Gasteiger partial charge in [-0.05, 0) is 114 Å². The first-order valence-electron chi connectivity index (χ1n) is 22.5. The van der Waals surface area contributed by atoms with Gasteiger partial charge < -0.3 is 9.32 Å². The zero-order valence-corrected chi connectivity index (χ0v) is 35.4. The molecule has 1 heterocycles. The van der Waals surface area contributed by atoms with Crippen LogP contribution in [0.25, 0.3) is 88.0 Å². The monoisotopic (exact) mass is 825 g/mol. The molecule has 65 heavy (non-hydrogen) atoms. The van der Waals surface area contributed by atoms with Crippen LogP contribution in [0.5, 0.6) is 0 Å². The van der Waals surface area contributed by atoms with Crippen molar-refractivity contribution in [2.24, 2.45) is 0 Å². The Balaban J connectivity index is 1.03. The lowest BCUT2D eigenvalue weighted by Gasteiger charge is -2.33. The predicted molar refractivity (Wildman–Crippen MR) is 271 cm³/mol. The molecular weight excluding hydrogens is 787 g/mol. The van der Waals surface area contributed by atoms with E-state index < -0.39 is 5.41 Å². The van der Waals surface area contributed by atoms with E-state index in [-0.39, 0.29) is 0 Å². The first-order valence-corrected chi connectivity index (χ1v) is 22.5. The standard InChI is InChI=1S/C63H39NO/c1-2-17-42-37-44(32-31-40(42)15-1)43-18-13-19-45(38-43)64(60-30-12-8-24-52(60)53-25-14-26-54-55-35-33-41-16-3-4-20-47(41)61(55)65-62(53)54)46-34-36-51-50-23-7-11-29-58(50)63(59(51)39-46)56-27-9-5-21-48(56)49-22-6-10-28-57(49)63/h1-39H. The largest absolute Gasteiger partial charge is 0.455 e. The molecule has 302 valence electrons. The molecule has 0 bridgehead atoms. The van der Waals surface area contributed by atoms with E-state index in [1.54, 1.807) is 0 Å². The van der Waals surface area contributed by atoms with Crippen LogP contribution < -0.4 is 4.90 Å². The van der Waals surface area contributed by atoms with Gasteiger partial charge in [0, 0.05) is 38.7 Å². The van der Waals surface area contributed by atoms with Gasteiger partial charge in [0.25, 0.3) is 0 Å². The minimum absolute atomic E-state index is 0.476. The predicted octanol–water partition coefficient (Wildman–Crippen LogP) is 17.0. The fourth-order valence-electron chi connectivity index (χ4n) is 11.5. The molecule has 0 unspecified atom stereocenters. The maximum Gasteiger partial charge on any atom is 0.143 e. The third-order valence-electron chi connectivity index (χ3n) is 14.3. The van der Waals surface area contributed by atoms with Crippen LogP contribution in [0.15, 0.2) is 241 Å². The number of rotatable bonds is 5. The first kappa shape index (κ1) is 36.1. The van der Waals surface area contributed by atoms with E-state index in [9.17, 15) is 0 Å². The van der Waals surface area contributed by atoms with Crippen LogP contribution in [-0.2, 0) is 5.41 Å². The van der Waals surface area contributed by atoms with E-state index in [1.807, 2.05) is 0 Å². The van der Waals surface area contributed by atoms with Crippen LogP contribution in [0.1, 0.15) is 22.3 Å². The summed E-state index contributed by atoms with van der Waals surface area (Å²) in [5, 5.41) is 6.99. The highest BCUT2D eigenvalue weighted by molar-refractivity contribution is 6.17. The second-order valence-electron chi connectivity index (χ2n) is 17.5. The Hall–Kier alpha value is -8.46. The topological polar surface area (TPSA) is 16.4 Å². The molecule has 0 atom stereocenters. The molecule has 0 saturated carbocycles. The van der Waals surface area contributed by atoms with Gasteiger partial charge in [0.1, 0.15) is 11.2 Å². The van der Waals surface area contributed by atoms with Crippen molar-refractivity contribution in [2.45, 2.75) is 5.41 Å². The zero-order chi connectivity index (χ0) is 42.6. The maximum atomic E-state index is 7.02. The molecule has 0 fully saturated rings. The average Bonchev–Trinajstić information content (AvgIpc) is 4.01. The molecule has 11 aromatic carbocycles. The lowest BCUT2D eigenvalue weighted by Crippen LogP contribution is -2.26. The fraction of sp³-hybridized carbons (Fsp3) is 0.0159. The van der Waals surface area contributed by atoms with Gasteiger partial charge in [-0.1, -0.05) is 194 Å². The number of furan rings is 1. The van der Waals surface area contributed by atoms with Crippen molar-refractivity contribution >= 4 is 60.5 Å². The number of fused-ring (bicyclic) bond motifs is 16. The summed E-state index contributed by atoms with van der Waals surface area (Å²) < 4.78 is 7.02. The molecule has 2 heteroatoms. The average molecular weight is 826 g/mol. The van der Waals surface area contributed by atoms with E-state index in [2.05, 4.69) is 241 Å². The summed E-state index contributed by atoms with van der Waals surface area (Å²) in [4.78, 5) is 2.47. The molecule has 2 aliphatic carbocycles. The Kier molecular flexibility index (Phi) is 7.64. The Bertz CT molecular complexity index is 3860. The highest BCUT2D eigenvalue weighted by atomic mass is 16.3. The van der Waals surface area contributed by atoms with E-state index in [0.717, 1.165) is 61.1 Å². The summed E-state index contributed by atoms with van der Waals surface area (Å²) in [5.41, 5.74) is 19.5. The second kappa shape index (κ2) is 13.8. The molecule has 1 spiro atoms. The Morgan fingerprint density at radius 3 is 1.60 bits per heavy atom. The molecule has 14 rings (SSSR count). The van der Waals surface area contributed by atoms with E-state index in [1.165, 1.54) is 66.2 Å². The third-order valence-corrected chi connectivity index (χ3v) is 14.3. The number of nitrogens with zero attached hydrogens (tertiary/aromatic N) is 1. The van der Waals surface area contributed by atoms with Crippen LogP contribution in [-0.4, -0.2) is 0 Å². The second-order valence-corrected chi connectivity index (χ2v) is 17.5. The summed E-state index contributed by atoms with van der Waals surface area (Å²) in [6, 6.07) is 87.1. The van der Waals surface area contributed by atoms with Crippen LogP contribution in [0.2, 0.25) is 0 Å². The summed E-state index contributed by atoms with van der Waals surface area (Å²) in [6.45, 7) is 0. The van der Waals surface area contributed by atoms with Gasteiger partial charge in [-0.2, -0.15) is 0 Å². The molecular formula is C63H39NO. The number of hydrogen-bond donors (Lipinski definition) is 0. The van der Waals surface area contributed by atoms with Crippen LogP contribution in [0, 0.1) is 0 Å². The van der Waals surface area contributed by atoms with Gasteiger partial charge in [0.15, 0.2) is 0 Å². The normalized spacial score (nSPS) is 13.0. The van der Waals surface area contributed by atoms with Crippen LogP contribution in [0.4, 0.5) is 17.1 Å². The maximum absolute atomic E-state index is 7.02. The molecule has 0 radical (unpaired) electrons. The lowest BCUT2D eigenvalue weighted by atomic mass is 9.70. The summed E-state index contributed by atoms with van der Waals surface area (Å²) >= 11 is 0. The van der Waals surface area contributed by atoms with Crippen molar-refractivity contribution < 1.29 is 4.42 Å². The van der Waals surface area contributed by atoms with Gasteiger partial charge in [-0.3, -0.25) is 0 Å². The number of anilines is 3.